The van der Waals surface area contributed by atoms with Crippen LogP contribution in [0, 0.1) is 0 Å². The highest BCUT2D eigenvalue weighted by molar-refractivity contribution is 6.05. The number of benzene rings is 1. The normalized spacial score (nSPS) is 10.2. The minimum absolute atomic E-state index is 0.122. The molecule has 0 fully saturated rings. The van der Waals surface area contributed by atoms with Gasteiger partial charge in [-0.2, -0.15) is 10.2 Å². The maximum atomic E-state index is 12.6. The molecule has 110 valence electrons. The van der Waals surface area contributed by atoms with Crippen LogP contribution in [-0.2, 0) is 0 Å². The molecule has 0 aliphatic rings. The number of ether oxygens (including phenoxy) is 1. The lowest BCUT2D eigenvalue weighted by molar-refractivity contribution is 0.0986. The molecule has 1 aromatic heterocycles. The predicted octanol–water partition coefficient (Wildman–Crippen LogP) is 1.48. The van der Waals surface area contributed by atoms with Gasteiger partial charge in [-0.1, -0.05) is 0 Å². The van der Waals surface area contributed by atoms with E-state index in [1.165, 1.54) is 12.4 Å². The molecular formula is C15H18N4O2. The topological polar surface area (TPSA) is 81.3 Å². The minimum atomic E-state index is -0.122. The molecule has 6 heteroatoms. The molecule has 0 aliphatic heterocycles. The molecule has 2 aromatic rings. The van der Waals surface area contributed by atoms with Crippen molar-refractivity contribution in [2.24, 2.45) is 5.73 Å². The fourth-order valence-corrected chi connectivity index (χ4v) is 1.93. The molecule has 0 unspecified atom stereocenters. The van der Waals surface area contributed by atoms with Gasteiger partial charge in [0.1, 0.15) is 5.75 Å². The van der Waals surface area contributed by atoms with Gasteiger partial charge in [0.15, 0.2) is 0 Å². The molecule has 0 radical (unpaired) electrons. The van der Waals surface area contributed by atoms with Crippen molar-refractivity contribution in [2.45, 2.75) is 6.42 Å². The standard InChI is InChI=1S/C15H18N4O2/c1-21-14-5-3-13(4-6-14)19(10-2-8-16)15(20)12-7-9-17-18-11-12/h3-7,9,11H,2,8,10,16H2,1H3. The van der Waals surface area contributed by atoms with Crippen LogP contribution in [0.4, 0.5) is 5.69 Å². The van der Waals surface area contributed by atoms with Gasteiger partial charge in [0, 0.05) is 12.2 Å². The molecule has 0 saturated carbocycles. The van der Waals surface area contributed by atoms with E-state index in [-0.39, 0.29) is 5.91 Å². The van der Waals surface area contributed by atoms with E-state index in [4.69, 9.17) is 10.5 Å². The van der Waals surface area contributed by atoms with Crippen molar-refractivity contribution in [2.75, 3.05) is 25.1 Å². The van der Waals surface area contributed by atoms with Crippen LogP contribution in [0.5, 0.6) is 5.75 Å². The summed E-state index contributed by atoms with van der Waals surface area (Å²) in [4.78, 5) is 14.3. The summed E-state index contributed by atoms with van der Waals surface area (Å²) in [6.07, 6.45) is 3.68. The number of nitrogens with two attached hydrogens (primary N) is 1. The number of amides is 1. The van der Waals surface area contributed by atoms with Crippen LogP contribution in [0.3, 0.4) is 0 Å². The van der Waals surface area contributed by atoms with Crippen molar-refractivity contribution in [1.82, 2.24) is 10.2 Å². The quantitative estimate of drug-likeness (QED) is 0.870. The number of aromatic nitrogens is 2. The monoisotopic (exact) mass is 286 g/mol. The molecule has 1 aromatic carbocycles. The van der Waals surface area contributed by atoms with Gasteiger partial charge in [-0.3, -0.25) is 4.79 Å². The van der Waals surface area contributed by atoms with Crippen LogP contribution in [0.2, 0.25) is 0 Å². The first-order chi connectivity index (χ1) is 10.3. The van der Waals surface area contributed by atoms with Crippen LogP contribution in [0.25, 0.3) is 0 Å². The number of anilines is 1. The number of carbonyl (C=O) groups excluding carboxylic acids is 1. The minimum Gasteiger partial charge on any atom is -0.497 e. The lowest BCUT2D eigenvalue weighted by Gasteiger charge is -2.22. The zero-order valence-corrected chi connectivity index (χ0v) is 11.9. The summed E-state index contributed by atoms with van der Waals surface area (Å²) < 4.78 is 5.13. The van der Waals surface area contributed by atoms with E-state index in [9.17, 15) is 4.79 Å². The van der Waals surface area contributed by atoms with E-state index in [2.05, 4.69) is 10.2 Å². The Morgan fingerprint density at radius 1 is 1.24 bits per heavy atom. The average molecular weight is 286 g/mol. The largest absolute Gasteiger partial charge is 0.497 e. The van der Waals surface area contributed by atoms with Gasteiger partial charge in [0.05, 0.1) is 25.1 Å². The van der Waals surface area contributed by atoms with E-state index >= 15 is 0 Å². The molecule has 0 saturated heterocycles. The molecule has 21 heavy (non-hydrogen) atoms. The second-order valence-electron chi connectivity index (χ2n) is 4.43. The van der Waals surface area contributed by atoms with Crippen LogP contribution in [-0.4, -0.2) is 36.3 Å². The van der Waals surface area contributed by atoms with E-state index in [0.29, 0.717) is 18.7 Å². The Morgan fingerprint density at radius 2 is 2.00 bits per heavy atom. The second-order valence-corrected chi connectivity index (χ2v) is 4.43. The van der Waals surface area contributed by atoms with Gasteiger partial charge in [-0.05, 0) is 43.3 Å². The molecule has 1 amide bonds. The van der Waals surface area contributed by atoms with E-state index in [1.54, 1.807) is 18.1 Å². The summed E-state index contributed by atoms with van der Waals surface area (Å²) in [7, 11) is 1.61. The van der Waals surface area contributed by atoms with Crippen molar-refractivity contribution in [3.8, 4) is 5.75 Å². The summed E-state index contributed by atoms with van der Waals surface area (Å²) in [5.74, 6) is 0.624. The molecule has 0 atom stereocenters. The van der Waals surface area contributed by atoms with E-state index in [1.807, 2.05) is 24.3 Å². The first kappa shape index (κ1) is 14.9. The van der Waals surface area contributed by atoms with Gasteiger partial charge in [-0.25, -0.2) is 0 Å². The van der Waals surface area contributed by atoms with Gasteiger partial charge in [-0.15, -0.1) is 0 Å². The Labute approximate surface area is 123 Å². The zero-order chi connectivity index (χ0) is 15.1. The summed E-state index contributed by atoms with van der Waals surface area (Å²) in [6.45, 7) is 1.07. The van der Waals surface area contributed by atoms with Crippen LogP contribution in [0.15, 0.2) is 42.7 Å². The lowest BCUT2D eigenvalue weighted by atomic mass is 10.2. The Hall–Kier alpha value is -2.47. The van der Waals surface area contributed by atoms with Gasteiger partial charge < -0.3 is 15.4 Å². The smallest absolute Gasteiger partial charge is 0.259 e. The summed E-state index contributed by atoms with van der Waals surface area (Å²) in [6, 6.07) is 8.99. The third kappa shape index (κ3) is 3.76. The van der Waals surface area contributed by atoms with Gasteiger partial charge in [0.2, 0.25) is 0 Å². The highest BCUT2D eigenvalue weighted by Crippen LogP contribution is 2.21. The number of rotatable bonds is 6. The lowest BCUT2D eigenvalue weighted by Crippen LogP contribution is -2.33. The summed E-state index contributed by atoms with van der Waals surface area (Å²) in [5.41, 5.74) is 6.85. The third-order valence-electron chi connectivity index (χ3n) is 3.05. The number of hydrogen-bond donors (Lipinski definition) is 1. The average Bonchev–Trinajstić information content (AvgIpc) is 2.56. The van der Waals surface area contributed by atoms with Gasteiger partial charge >= 0.3 is 0 Å². The number of hydrogen-bond acceptors (Lipinski definition) is 5. The van der Waals surface area contributed by atoms with Crippen LogP contribution < -0.4 is 15.4 Å². The number of nitrogens with zero attached hydrogens (tertiary/aromatic N) is 3. The fraction of sp³-hybridized carbons (Fsp3) is 0.267. The molecule has 0 bridgehead atoms. The Bertz CT molecular complexity index is 572. The Kier molecular flexibility index (Phi) is 5.22. The maximum Gasteiger partial charge on any atom is 0.259 e. The molecule has 6 nitrogen and oxygen atoms in total. The van der Waals surface area contributed by atoms with Crippen molar-refractivity contribution >= 4 is 11.6 Å². The van der Waals surface area contributed by atoms with Crippen molar-refractivity contribution in [1.29, 1.82) is 0 Å². The summed E-state index contributed by atoms with van der Waals surface area (Å²) in [5, 5.41) is 7.43. The highest BCUT2D eigenvalue weighted by atomic mass is 16.5. The third-order valence-corrected chi connectivity index (χ3v) is 3.05. The van der Waals surface area contributed by atoms with Gasteiger partial charge in [0.25, 0.3) is 5.91 Å². The number of carbonyl (C=O) groups is 1. The number of methoxy groups -OCH3 is 1. The molecule has 1 heterocycles. The SMILES string of the molecule is COc1ccc(N(CCCN)C(=O)c2ccnnc2)cc1. The Morgan fingerprint density at radius 3 is 2.57 bits per heavy atom. The highest BCUT2D eigenvalue weighted by Gasteiger charge is 2.17. The van der Waals surface area contributed by atoms with Crippen molar-refractivity contribution < 1.29 is 9.53 Å². The molecular weight excluding hydrogens is 268 g/mol. The predicted molar refractivity (Wildman–Crippen MR) is 80.4 cm³/mol. The first-order valence-corrected chi connectivity index (χ1v) is 6.69. The molecule has 2 rings (SSSR count). The second kappa shape index (κ2) is 7.35. The van der Waals surface area contributed by atoms with E-state index < -0.39 is 0 Å². The van der Waals surface area contributed by atoms with E-state index in [0.717, 1.165) is 17.9 Å². The van der Waals surface area contributed by atoms with Crippen molar-refractivity contribution in [3.63, 3.8) is 0 Å². The first-order valence-electron chi connectivity index (χ1n) is 6.69. The Balaban J connectivity index is 2.26. The molecule has 0 spiro atoms. The maximum absolute atomic E-state index is 12.6. The van der Waals surface area contributed by atoms with Crippen molar-refractivity contribution in [3.05, 3.63) is 48.3 Å². The zero-order valence-electron chi connectivity index (χ0n) is 11.9. The molecule has 0 aliphatic carbocycles. The van der Waals surface area contributed by atoms with Crippen LogP contribution >= 0.6 is 0 Å². The fourth-order valence-electron chi connectivity index (χ4n) is 1.93. The summed E-state index contributed by atoms with van der Waals surface area (Å²) >= 11 is 0. The molecule has 2 N–H and O–H groups in total. The van der Waals surface area contributed by atoms with Crippen LogP contribution in [0.1, 0.15) is 16.8 Å².